The molecule has 1 heterocycles. The van der Waals surface area contributed by atoms with Crippen LogP contribution >= 0.6 is 0 Å². The molecule has 1 aliphatic rings. The zero-order valence-corrected chi connectivity index (χ0v) is 13.5. The molecular weight excluding hydrogens is 290 g/mol. The van der Waals surface area contributed by atoms with Crippen molar-refractivity contribution >= 4 is 22.5 Å². The second-order valence-electron chi connectivity index (χ2n) is 6.17. The summed E-state index contributed by atoms with van der Waals surface area (Å²) in [7, 11) is 0. The van der Waals surface area contributed by atoms with E-state index in [0.717, 1.165) is 18.4 Å². The Morgan fingerprint density at radius 3 is 2.74 bits per heavy atom. The largest absolute Gasteiger partial charge is 0.398 e. The van der Waals surface area contributed by atoms with Gasteiger partial charge in [0.15, 0.2) is 0 Å². The van der Waals surface area contributed by atoms with Crippen LogP contribution in [0.1, 0.15) is 55.4 Å². The number of benzene rings is 1. The highest BCUT2D eigenvalue weighted by Crippen LogP contribution is 2.31. The summed E-state index contributed by atoms with van der Waals surface area (Å²) in [6, 6.07) is 5.82. The minimum atomic E-state index is -0.327. The van der Waals surface area contributed by atoms with E-state index in [1.54, 1.807) is 12.3 Å². The molecule has 1 saturated carbocycles. The standard InChI is InChI=1S/C18H23N3O2/c1-2-20-18(23)13-11-21(12-7-4-3-5-8-12)15-10-6-9-14(19)16(15)17(13)22/h6,9-12H,2-5,7-8,19H2,1H3,(H,20,23). The molecule has 23 heavy (non-hydrogen) atoms. The zero-order valence-electron chi connectivity index (χ0n) is 13.5. The van der Waals surface area contributed by atoms with Gasteiger partial charge in [0.2, 0.25) is 5.43 Å². The van der Waals surface area contributed by atoms with E-state index >= 15 is 0 Å². The molecular formula is C18H23N3O2. The molecule has 0 bridgehead atoms. The van der Waals surface area contributed by atoms with E-state index in [2.05, 4.69) is 9.88 Å². The van der Waals surface area contributed by atoms with E-state index in [9.17, 15) is 9.59 Å². The fraction of sp³-hybridized carbons (Fsp3) is 0.444. The van der Waals surface area contributed by atoms with Crippen LogP contribution in [0.4, 0.5) is 5.69 Å². The Kier molecular flexibility index (Phi) is 4.37. The molecule has 1 aromatic heterocycles. The van der Waals surface area contributed by atoms with E-state index in [-0.39, 0.29) is 16.9 Å². The molecule has 2 aromatic rings. The number of pyridine rings is 1. The van der Waals surface area contributed by atoms with Crippen LogP contribution in [0.15, 0.2) is 29.2 Å². The van der Waals surface area contributed by atoms with Gasteiger partial charge in [0.05, 0.1) is 10.9 Å². The molecule has 1 aliphatic carbocycles. The highest BCUT2D eigenvalue weighted by atomic mass is 16.2. The van der Waals surface area contributed by atoms with Gasteiger partial charge < -0.3 is 15.6 Å². The summed E-state index contributed by atoms with van der Waals surface area (Å²) in [6.07, 6.45) is 7.47. The lowest BCUT2D eigenvalue weighted by Gasteiger charge is -2.27. The molecule has 122 valence electrons. The molecule has 5 nitrogen and oxygen atoms in total. The van der Waals surface area contributed by atoms with Gasteiger partial charge in [-0.3, -0.25) is 9.59 Å². The van der Waals surface area contributed by atoms with Gasteiger partial charge >= 0.3 is 0 Å². The third kappa shape index (κ3) is 2.83. The number of aromatic nitrogens is 1. The maximum atomic E-state index is 12.7. The Morgan fingerprint density at radius 2 is 2.04 bits per heavy atom. The minimum Gasteiger partial charge on any atom is -0.398 e. The topological polar surface area (TPSA) is 77.1 Å². The number of fused-ring (bicyclic) bond motifs is 1. The molecule has 5 heteroatoms. The first kappa shape index (κ1) is 15.6. The van der Waals surface area contributed by atoms with Crippen molar-refractivity contribution in [3.63, 3.8) is 0 Å². The first-order valence-corrected chi connectivity index (χ1v) is 8.35. The summed E-state index contributed by atoms with van der Waals surface area (Å²) in [5.41, 5.74) is 7.22. The third-order valence-corrected chi connectivity index (χ3v) is 4.64. The fourth-order valence-corrected chi connectivity index (χ4v) is 3.50. The highest BCUT2D eigenvalue weighted by Gasteiger charge is 2.21. The Balaban J connectivity index is 2.25. The van der Waals surface area contributed by atoms with Crippen LogP contribution in [-0.4, -0.2) is 17.0 Å². The Labute approximate surface area is 135 Å². The lowest BCUT2D eigenvalue weighted by molar-refractivity contribution is 0.0954. The Morgan fingerprint density at radius 1 is 1.30 bits per heavy atom. The van der Waals surface area contributed by atoms with Crippen molar-refractivity contribution in [2.75, 3.05) is 12.3 Å². The van der Waals surface area contributed by atoms with Gasteiger partial charge in [-0.2, -0.15) is 0 Å². The van der Waals surface area contributed by atoms with Gasteiger partial charge in [0.1, 0.15) is 5.56 Å². The van der Waals surface area contributed by atoms with Crippen molar-refractivity contribution in [1.82, 2.24) is 9.88 Å². The summed E-state index contributed by atoms with van der Waals surface area (Å²) in [5.74, 6) is -0.327. The van der Waals surface area contributed by atoms with Crippen LogP contribution in [0.25, 0.3) is 10.9 Å². The zero-order chi connectivity index (χ0) is 16.4. The normalized spacial score (nSPS) is 15.7. The van der Waals surface area contributed by atoms with Crippen LogP contribution in [-0.2, 0) is 0 Å². The fourth-order valence-electron chi connectivity index (χ4n) is 3.50. The molecule has 3 N–H and O–H groups in total. The van der Waals surface area contributed by atoms with E-state index in [0.29, 0.717) is 23.7 Å². The first-order valence-electron chi connectivity index (χ1n) is 8.35. The van der Waals surface area contributed by atoms with Gasteiger partial charge in [-0.05, 0) is 31.9 Å². The van der Waals surface area contributed by atoms with E-state index < -0.39 is 0 Å². The minimum absolute atomic E-state index is 0.183. The first-order chi connectivity index (χ1) is 11.1. The predicted molar refractivity (Wildman–Crippen MR) is 92.7 cm³/mol. The number of nitrogens with two attached hydrogens (primary N) is 1. The van der Waals surface area contributed by atoms with Crippen LogP contribution < -0.4 is 16.5 Å². The number of nitrogens with one attached hydrogen (secondary N) is 1. The van der Waals surface area contributed by atoms with E-state index in [1.807, 2.05) is 19.1 Å². The number of carbonyl (C=O) groups is 1. The summed E-state index contributed by atoms with van der Waals surface area (Å²) in [6.45, 7) is 2.33. The quantitative estimate of drug-likeness (QED) is 0.855. The van der Waals surface area contributed by atoms with Crippen molar-refractivity contribution in [2.45, 2.75) is 45.1 Å². The molecule has 1 fully saturated rings. The van der Waals surface area contributed by atoms with Gasteiger partial charge in [-0.1, -0.05) is 25.3 Å². The smallest absolute Gasteiger partial charge is 0.256 e. The van der Waals surface area contributed by atoms with Crippen LogP contribution in [0.5, 0.6) is 0 Å². The Hall–Kier alpha value is -2.30. The number of hydrogen-bond acceptors (Lipinski definition) is 3. The summed E-state index contributed by atoms with van der Waals surface area (Å²) < 4.78 is 2.09. The van der Waals surface area contributed by atoms with Crippen molar-refractivity contribution in [3.8, 4) is 0 Å². The molecule has 0 saturated heterocycles. The number of hydrogen-bond donors (Lipinski definition) is 2. The van der Waals surface area contributed by atoms with Gasteiger partial charge in [0.25, 0.3) is 5.91 Å². The summed E-state index contributed by atoms with van der Waals surface area (Å²) >= 11 is 0. The number of anilines is 1. The Bertz CT molecular complexity index is 789. The molecule has 0 aliphatic heterocycles. The maximum absolute atomic E-state index is 12.7. The summed E-state index contributed by atoms with van der Waals surface area (Å²) in [4.78, 5) is 25.0. The lowest BCUT2D eigenvalue weighted by atomic mass is 9.94. The molecule has 0 spiro atoms. The monoisotopic (exact) mass is 313 g/mol. The lowest BCUT2D eigenvalue weighted by Crippen LogP contribution is -2.30. The number of nitrogens with zero attached hydrogens (tertiary/aromatic N) is 1. The number of rotatable bonds is 3. The van der Waals surface area contributed by atoms with Crippen molar-refractivity contribution in [2.24, 2.45) is 0 Å². The molecule has 0 radical (unpaired) electrons. The molecule has 0 unspecified atom stereocenters. The maximum Gasteiger partial charge on any atom is 0.256 e. The van der Waals surface area contributed by atoms with Crippen LogP contribution in [0.2, 0.25) is 0 Å². The second kappa shape index (κ2) is 6.44. The second-order valence-corrected chi connectivity index (χ2v) is 6.17. The summed E-state index contributed by atoms with van der Waals surface area (Å²) in [5, 5.41) is 3.18. The van der Waals surface area contributed by atoms with E-state index in [4.69, 9.17) is 5.73 Å². The average Bonchev–Trinajstić information content (AvgIpc) is 2.56. The van der Waals surface area contributed by atoms with Crippen LogP contribution in [0.3, 0.4) is 0 Å². The number of carbonyl (C=O) groups excluding carboxylic acids is 1. The highest BCUT2D eigenvalue weighted by molar-refractivity contribution is 6.00. The molecule has 3 rings (SSSR count). The van der Waals surface area contributed by atoms with Crippen molar-refractivity contribution in [1.29, 1.82) is 0 Å². The van der Waals surface area contributed by atoms with Gasteiger partial charge in [0, 0.05) is 24.5 Å². The SMILES string of the molecule is CCNC(=O)c1cn(C2CCCCC2)c2cccc(N)c2c1=O. The van der Waals surface area contributed by atoms with Crippen molar-refractivity contribution in [3.05, 3.63) is 40.2 Å². The third-order valence-electron chi connectivity index (χ3n) is 4.64. The average molecular weight is 313 g/mol. The van der Waals surface area contributed by atoms with Gasteiger partial charge in [-0.25, -0.2) is 0 Å². The van der Waals surface area contributed by atoms with Crippen LogP contribution in [0, 0.1) is 0 Å². The van der Waals surface area contributed by atoms with Gasteiger partial charge in [-0.15, -0.1) is 0 Å². The van der Waals surface area contributed by atoms with Crippen molar-refractivity contribution < 1.29 is 4.79 Å². The number of nitrogen functional groups attached to an aromatic ring is 1. The van der Waals surface area contributed by atoms with E-state index in [1.165, 1.54) is 19.3 Å². The predicted octanol–water partition coefficient (Wildman–Crippen LogP) is 2.84. The molecule has 1 aromatic carbocycles. The molecule has 0 atom stereocenters. The number of amides is 1. The molecule has 1 amide bonds.